The van der Waals surface area contributed by atoms with E-state index in [-0.39, 0.29) is 31.1 Å². The number of benzene rings is 1. The number of rotatable bonds is 6. The van der Waals surface area contributed by atoms with Crippen molar-refractivity contribution in [1.29, 1.82) is 0 Å². The maximum Gasteiger partial charge on any atom is 0.223 e. The van der Waals surface area contributed by atoms with Crippen LogP contribution in [-0.4, -0.2) is 65.9 Å². The predicted octanol–water partition coefficient (Wildman–Crippen LogP) is 1.66. The highest BCUT2D eigenvalue weighted by atomic mass is 16.3. The maximum atomic E-state index is 12.4. The summed E-state index contributed by atoms with van der Waals surface area (Å²) in [4.78, 5) is 28.8. The monoisotopic (exact) mass is 344 g/mol. The Morgan fingerprint density at radius 3 is 2.40 bits per heavy atom. The number of amides is 1. The number of Topliss-reactive ketones (excluding diaryl/α,β-unsaturated/α-hetero) is 1. The van der Waals surface area contributed by atoms with Crippen molar-refractivity contribution >= 4 is 11.7 Å². The van der Waals surface area contributed by atoms with E-state index in [2.05, 4.69) is 11.0 Å². The van der Waals surface area contributed by atoms with Gasteiger partial charge in [0.25, 0.3) is 0 Å². The smallest absolute Gasteiger partial charge is 0.223 e. The normalized spacial score (nSPS) is 18.0. The Labute approximate surface area is 149 Å². The Morgan fingerprint density at radius 2 is 1.68 bits per heavy atom. The van der Waals surface area contributed by atoms with Crippen molar-refractivity contribution in [1.82, 2.24) is 9.80 Å². The molecule has 0 spiro atoms. The number of piperazine rings is 1. The molecule has 2 aliphatic rings. The fourth-order valence-electron chi connectivity index (χ4n) is 3.79. The van der Waals surface area contributed by atoms with Gasteiger partial charge in [0.1, 0.15) is 0 Å². The fourth-order valence-corrected chi connectivity index (χ4v) is 3.79. The van der Waals surface area contributed by atoms with Crippen LogP contribution in [0.1, 0.15) is 47.2 Å². The average Bonchev–Trinajstić information content (AvgIpc) is 2.66. The third-order valence-corrected chi connectivity index (χ3v) is 5.38. The lowest BCUT2D eigenvalue weighted by Crippen LogP contribution is -2.49. The molecule has 1 aromatic rings. The van der Waals surface area contributed by atoms with Gasteiger partial charge in [-0.3, -0.25) is 14.5 Å². The third kappa shape index (κ3) is 4.67. The molecule has 136 valence electrons. The average molecular weight is 344 g/mol. The molecule has 0 unspecified atom stereocenters. The summed E-state index contributed by atoms with van der Waals surface area (Å²) < 4.78 is 0. The number of carbonyl (C=O) groups excluding carboxylic acids is 2. The lowest BCUT2D eigenvalue weighted by atomic mass is 9.89. The molecule has 5 nitrogen and oxygen atoms in total. The van der Waals surface area contributed by atoms with Crippen LogP contribution in [0.2, 0.25) is 0 Å². The molecule has 3 rings (SSSR count). The van der Waals surface area contributed by atoms with Gasteiger partial charge in [-0.2, -0.15) is 0 Å². The number of β-amino-alcohol motifs (C(OH)–C–C–N with tert-alkyl or cyclic N) is 1. The molecule has 0 bridgehead atoms. The molecule has 0 atom stereocenters. The summed E-state index contributed by atoms with van der Waals surface area (Å²) in [5.74, 6) is 0.135. The number of carbonyl (C=O) groups is 2. The first-order valence-corrected chi connectivity index (χ1v) is 9.43. The quantitative estimate of drug-likeness (QED) is 0.798. The van der Waals surface area contributed by atoms with Crippen LogP contribution >= 0.6 is 0 Å². The molecular weight excluding hydrogens is 316 g/mol. The van der Waals surface area contributed by atoms with Crippen molar-refractivity contribution in [2.75, 3.05) is 39.3 Å². The van der Waals surface area contributed by atoms with Crippen LogP contribution in [0.3, 0.4) is 0 Å². The SMILES string of the molecule is O=C(CCC(=O)N1CCN(CCO)CC1)c1ccc2c(c1)CCCC2. The highest BCUT2D eigenvalue weighted by Crippen LogP contribution is 2.23. The Kier molecular flexibility index (Phi) is 6.21. The summed E-state index contributed by atoms with van der Waals surface area (Å²) in [6.07, 6.45) is 5.19. The summed E-state index contributed by atoms with van der Waals surface area (Å²) >= 11 is 0. The molecule has 5 heteroatoms. The second kappa shape index (κ2) is 8.59. The number of hydrogen-bond acceptors (Lipinski definition) is 4. The van der Waals surface area contributed by atoms with Crippen LogP contribution < -0.4 is 0 Å². The molecule has 1 aliphatic heterocycles. The van der Waals surface area contributed by atoms with E-state index in [4.69, 9.17) is 5.11 Å². The van der Waals surface area contributed by atoms with Crippen LogP contribution in [0.4, 0.5) is 0 Å². The lowest BCUT2D eigenvalue weighted by molar-refractivity contribution is -0.132. The Bertz CT molecular complexity index is 621. The minimum Gasteiger partial charge on any atom is -0.395 e. The van der Waals surface area contributed by atoms with E-state index in [1.807, 2.05) is 17.0 Å². The van der Waals surface area contributed by atoms with E-state index in [0.29, 0.717) is 19.6 Å². The number of nitrogens with zero attached hydrogens (tertiary/aromatic N) is 2. The summed E-state index contributed by atoms with van der Waals surface area (Å²) in [7, 11) is 0. The first kappa shape index (κ1) is 18.1. The van der Waals surface area contributed by atoms with Crippen molar-refractivity contribution in [3.05, 3.63) is 34.9 Å². The topological polar surface area (TPSA) is 60.9 Å². The summed E-state index contributed by atoms with van der Waals surface area (Å²) in [5.41, 5.74) is 3.43. The van der Waals surface area contributed by atoms with Crippen LogP contribution in [0.15, 0.2) is 18.2 Å². The molecule has 1 aliphatic carbocycles. The number of aryl methyl sites for hydroxylation is 2. The van der Waals surface area contributed by atoms with Crippen LogP contribution in [0.25, 0.3) is 0 Å². The van der Waals surface area contributed by atoms with E-state index in [1.54, 1.807) is 0 Å². The number of aliphatic hydroxyl groups excluding tert-OH is 1. The van der Waals surface area contributed by atoms with E-state index < -0.39 is 0 Å². The first-order chi connectivity index (χ1) is 12.2. The summed E-state index contributed by atoms with van der Waals surface area (Å²) in [5, 5.41) is 8.96. The van der Waals surface area contributed by atoms with E-state index in [9.17, 15) is 9.59 Å². The van der Waals surface area contributed by atoms with Gasteiger partial charge in [-0.1, -0.05) is 12.1 Å². The van der Waals surface area contributed by atoms with E-state index in [0.717, 1.165) is 31.5 Å². The van der Waals surface area contributed by atoms with Crippen LogP contribution in [-0.2, 0) is 17.6 Å². The molecule has 1 N–H and O–H groups in total. The second-order valence-corrected chi connectivity index (χ2v) is 7.06. The maximum absolute atomic E-state index is 12.4. The zero-order valence-corrected chi connectivity index (χ0v) is 14.9. The van der Waals surface area contributed by atoms with Gasteiger partial charge in [0.05, 0.1) is 6.61 Å². The summed E-state index contributed by atoms with van der Waals surface area (Å²) in [6, 6.07) is 6.05. The van der Waals surface area contributed by atoms with Crippen LogP contribution in [0, 0.1) is 0 Å². The van der Waals surface area contributed by atoms with Gasteiger partial charge in [0.15, 0.2) is 5.78 Å². The van der Waals surface area contributed by atoms with Crippen molar-refractivity contribution in [2.24, 2.45) is 0 Å². The summed E-state index contributed by atoms with van der Waals surface area (Å²) in [6.45, 7) is 3.79. The molecule has 0 radical (unpaired) electrons. The highest BCUT2D eigenvalue weighted by Gasteiger charge is 2.21. The van der Waals surface area contributed by atoms with Gasteiger partial charge < -0.3 is 10.0 Å². The number of fused-ring (bicyclic) bond motifs is 1. The Morgan fingerprint density at radius 1 is 0.960 bits per heavy atom. The molecule has 1 amide bonds. The number of ketones is 1. The van der Waals surface area contributed by atoms with Crippen molar-refractivity contribution in [2.45, 2.75) is 38.5 Å². The molecular formula is C20H28N2O3. The van der Waals surface area contributed by atoms with Gasteiger partial charge in [-0.15, -0.1) is 0 Å². The molecule has 25 heavy (non-hydrogen) atoms. The van der Waals surface area contributed by atoms with E-state index in [1.165, 1.54) is 24.0 Å². The van der Waals surface area contributed by atoms with Gasteiger partial charge in [0, 0.05) is 51.1 Å². The minimum atomic E-state index is 0.0648. The Hall–Kier alpha value is -1.72. The zero-order chi connectivity index (χ0) is 17.6. The second-order valence-electron chi connectivity index (χ2n) is 7.06. The number of hydrogen-bond donors (Lipinski definition) is 1. The van der Waals surface area contributed by atoms with Crippen molar-refractivity contribution in [3.8, 4) is 0 Å². The molecule has 0 aromatic heterocycles. The molecule has 1 saturated heterocycles. The van der Waals surface area contributed by atoms with Crippen LogP contribution in [0.5, 0.6) is 0 Å². The Balaban J connectivity index is 1.48. The van der Waals surface area contributed by atoms with Crippen molar-refractivity contribution < 1.29 is 14.7 Å². The molecule has 1 heterocycles. The van der Waals surface area contributed by atoms with Gasteiger partial charge in [-0.05, 0) is 42.9 Å². The predicted molar refractivity (Wildman–Crippen MR) is 96.8 cm³/mol. The molecule has 1 aromatic carbocycles. The lowest BCUT2D eigenvalue weighted by Gasteiger charge is -2.34. The first-order valence-electron chi connectivity index (χ1n) is 9.43. The molecule has 0 saturated carbocycles. The van der Waals surface area contributed by atoms with Gasteiger partial charge in [0.2, 0.25) is 5.91 Å². The standard InChI is InChI=1S/C20H28N2O3/c23-14-13-21-9-11-22(12-10-21)20(25)8-7-19(24)18-6-5-16-3-1-2-4-17(16)15-18/h5-6,15,23H,1-4,7-14H2. The molecule has 1 fully saturated rings. The van der Waals surface area contributed by atoms with Gasteiger partial charge in [-0.25, -0.2) is 0 Å². The number of aliphatic hydroxyl groups is 1. The largest absolute Gasteiger partial charge is 0.395 e. The minimum absolute atomic E-state index is 0.0648. The van der Waals surface area contributed by atoms with Gasteiger partial charge >= 0.3 is 0 Å². The van der Waals surface area contributed by atoms with Crippen molar-refractivity contribution in [3.63, 3.8) is 0 Å². The highest BCUT2D eigenvalue weighted by molar-refractivity contribution is 5.98. The third-order valence-electron chi connectivity index (χ3n) is 5.38. The zero-order valence-electron chi connectivity index (χ0n) is 14.9. The van der Waals surface area contributed by atoms with E-state index >= 15 is 0 Å². The fraction of sp³-hybridized carbons (Fsp3) is 0.600.